The molecule has 1 aromatic carbocycles. The second-order valence-electron chi connectivity index (χ2n) is 3.34. The van der Waals surface area contributed by atoms with Crippen LogP contribution in [-0.2, 0) is 14.3 Å². The highest BCUT2D eigenvalue weighted by Gasteiger charge is 2.12. The second kappa shape index (κ2) is 6.06. The molecule has 0 aromatic heterocycles. The quantitative estimate of drug-likeness (QED) is 0.657. The Hall–Kier alpha value is -1.81. The van der Waals surface area contributed by atoms with Crippen LogP contribution in [-0.4, -0.2) is 18.0 Å². The fourth-order valence-corrected chi connectivity index (χ4v) is 1.24. The van der Waals surface area contributed by atoms with E-state index < -0.39 is 18.0 Å². The summed E-state index contributed by atoms with van der Waals surface area (Å²) in [6.45, 7) is 1.41. The van der Waals surface area contributed by atoms with Gasteiger partial charge in [0.2, 0.25) is 0 Å². The van der Waals surface area contributed by atoms with E-state index in [2.05, 4.69) is 0 Å². The largest absolute Gasteiger partial charge is 0.449 e. The van der Waals surface area contributed by atoms with Crippen molar-refractivity contribution in [3.8, 4) is 0 Å². The predicted molar refractivity (Wildman–Crippen MR) is 65.2 cm³/mol. The number of benzene rings is 1. The molecule has 1 amide bonds. The number of nitrogens with two attached hydrogens (primary N) is 1. The molecule has 0 heterocycles. The number of rotatable bonds is 4. The number of halogens is 1. The monoisotopic (exact) mass is 253 g/mol. The van der Waals surface area contributed by atoms with E-state index in [1.165, 1.54) is 19.1 Å². The zero-order valence-electron chi connectivity index (χ0n) is 9.22. The highest BCUT2D eigenvalue weighted by atomic mass is 35.5. The standard InChI is InChI=1S/C12H12ClNO3/c1-8(12(14)16)17-11(15)7-6-9-4-2-3-5-10(9)13/h2-8H,1H3,(H2,14,16)/b7-6+/t8-/m0/s1. The highest BCUT2D eigenvalue weighted by Crippen LogP contribution is 2.16. The Morgan fingerprint density at radius 3 is 2.65 bits per heavy atom. The lowest BCUT2D eigenvalue weighted by Crippen LogP contribution is -2.29. The van der Waals surface area contributed by atoms with Gasteiger partial charge in [-0.2, -0.15) is 0 Å². The summed E-state index contributed by atoms with van der Waals surface area (Å²) in [6, 6.07) is 7.04. The van der Waals surface area contributed by atoms with Crippen molar-refractivity contribution in [3.63, 3.8) is 0 Å². The van der Waals surface area contributed by atoms with E-state index in [9.17, 15) is 9.59 Å². The molecule has 0 saturated carbocycles. The van der Waals surface area contributed by atoms with Crippen LogP contribution in [0.25, 0.3) is 6.08 Å². The van der Waals surface area contributed by atoms with E-state index in [1.54, 1.807) is 24.3 Å². The van der Waals surface area contributed by atoms with Gasteiger partial charge < -0.3 is 10.5 Å². The molecule has 1 aromatic rings. The molecular formula is C12H12ClNO3. The number of primary amides is 1. The minimum Gasteiger partial charge on any atom is -0.449 e. The SMILES string of the molecule is C[C@H](OC(=O)/C=C/c1ccccc1Cl)C(N)=O. The van der Waals surface area contributed by atoms with Gasteiger partial charge in [0.25, 0.3) is 5.91 Å². The van der Waals surface area contributed by atoms with Crippen molar-refractivity contribution >= 4 is 29.6 Å². The molecule has 5 heteroatoms. The number of carbonyl (C=O) groups is 2. The summed E-state index contributed by atoms with van der Waals surface area (Å²) < 4.78 is 4.73. The Morgan fingerprint density at radius 1 is 1.41 bits per heavy atom. The van der Waals surface area contributed by atoms with Crippen LogP contribution in [0.3, 0.4) is 0 Å². The summed E-state index contributed by atoms with van der Waals surface area (Å²) in [5.74, 6) is -1.33. The van der Waals surface area contributed by atoms with Gasteiger partial charge in [-0.05, 0) is 24.6 Å². The molecule has 1 atom stereocenters. The van der Waals surface area contributed by atoms with Gasteiger partial charge in [-0.15, -0.1) is 0 Å². The molecule has 0 bridgehead atoms. The fraction of sp³-hybridized carbons (Fsp3) is 0.167. The lowest BCUT2D eigenvalue weighted by atomic mass is 10.2. The Kier molecular flexibility index (Phi) is 4.72. The van der Waals surface area contributed by atoms with Crippen molar-refractivity contribution < 1.29 is 14.3 Å². The van der Waals surface area contributed by atoms with Crippen molar-refractivity contribution in [2.24, 2.45) is 5.73 Å². The zero-order valence-corrected chi connectivity index (χ0v) is 9.98. The van der Waals surface area contributed by atoms with Crippen LogP contribution in [0.1, 0.15) is 12.5 Å². The molecule has 1 rings (SSSR count). The Balaban J connectivity index is 2.63. The molecule has 90 valence electrons. The van der Waals surface area contributed by atoms with Gasteiger partial charge in [-0.25, -0.2) is 4.79 Å². The highest BCUT2D eigenvalue weighted by molar-refractivity contribution is 6.32. The molecule has 0 unspecified atom stereocenters. The van der Waals surface area contributed by atoms with E-state index in [1.807, 2.05) is 0 Å². The minimum atomic E-state index is -0.946. The molecule has 0 spiro atoms. The number of esters is 1. The van der Waals surface area contributed by atoms with Crippen LogP contribution in [0.5, 0.6) is 0 Å². The molecule has 0 aliphatic carbocycles. The molecular weight excluding hydrogens is 242 g/mol. The van der Waals surface area contributed by atoms with E-state index in [0.29, 0.717) is 10.6 Å². The first kappa shape index (κ1) is 13.3. The summed E-state index contributed by atoms with van der Waals surface area (Å²) in [5, 5.41) is 0.527. The fourth-order valence-electron chi connectivity index (χ4n) is 1.04. The molecule has 0 fully saturated rings. The van der Waals surface area contributed by atoms with E-state index >= 15 is 0 Å². The van der Waals surface area contributed by atoms with Crippen molar-refractivity contribution in [1.29, 1.82) is 0 Å². The van der Waals surface area contributed by atoms with E-state index in [4.69, 9.17) is 22.1 Å². The van der Waals surface area contributed by atoms with Crippen LogP contribution in [0.2, 0.25) is 5.02 Å². The predicted octanol–water partition coefficient (Wildman–Crippen LogP) is 1.77. The van der Waals surface area contributed by atoms with Crippen molar-refractivity contribution in [3.05, 3.63) is 40.9 Å². The Morgan fingerprint density at radius 2 is 2.06 bits per heavy atom. The first-order chi connectivity index (χ1) is 8.00. The Labute approximate surface area is 104 Å². The molecule has 2 N–H and O–H groups in total. The lowest BCUT2D eigenvalue weighted by Gasteiger charge is -2.06. The molecule has 0 radical (unpaired) electrons. The number of hydrogen-bond acceptors (Lipinski definition) is 3. The first-order valence-electron chi connectivity index (χ1n) is 4.93. The van der Waals surface area contributed by atoms with Crippen molar-refractivity contribution in [1.82, 2.24) is 0 Å². The van der Waals surface area contributed by atoms with Gasteiger partial charge >= 0.3 is 5.97 Å². The van der Waals surface area contributed by atoms with Crippen LogP contribution in [0.4, 0.5) is 0 Å². The van der Waals surface area contributed by atoms with Gasteiger partial charge in [0.15, 0.2) is 6.10 Å². The van der Waals surface area contributed by atoms with Crippen LogP contribution in [0, 0.1) is 0 Å². The molecule has 4 nitrogen and oxygen atoms in total. The average Bonchev–Trinajstić information content (AvgIpc) is 2.27. The van der Waals surface area contributed by atoms with Gasteiger partial charge in [0, 0.05) is 11.1 Å². The summed E-state index contributed by atoms with van der Waals surface area (Å²) in [4.78, 5) is 21.9. The third-order valence-electron chi connectivity index (χ3n) is 2.00. The third kappa shape index (κ3) is 4.28. The van der Waals surface area contributed by atoms with E-state index in [-0.39, 0.29) is 0 Å². The number of ether oxygens (including phenoxy) is 1. The van der Waals surface area contributed by atoms with Crippen LogP contribution >= 0.6 is 11.6 Å². The topological polar surface area (TPSA) is 69.4 Å². The van der Waals surface area contributed by atoms with E-state index in [0.717, 1.165) is 0 Å². The summed E-state index contributed by atoms with van der Waals surface area (Å²) >= 11 is 5.89. The van der Waals surface area contributed by atoms with Gasteiger partial charge in [-0.1, -0.05) is 29.8 Å². The molecule has 0 saturated heterocycles. The number of amides is 1. The second-order valence-corrected chi connectivity index (χ2v) is 3.74. The summed E-state index contributed by atoms with van der Waals surface area (Å²) in [7, 11) is 0. The maximum absolute atomic E-state index is 11.3. The molecule has 17 heavy (non-hydrogen) atoms. The summed E-state index contributed by atoms with van der Waals surface area (Å²) in [5.41, 5.74) is 5.65. The molecule has 0 aliphatic heterocycles. The summed E-state index contributed by atoms with van der Waals surface area (Å²) in [6.07, 6.45) is 1.76. The average molecular weight is 254 g/mol. The maximum atomic E-state index is 11.3. The number of hydrogen-bond donors (Lipinski definition) is 1. The Bertz CT molecular complexity index is 457. The van der Waals surface area contributed by atoms with Gasteiger partial charge in [0.05, 0.1) is 0 Å². The first-order valence-corrected chi connectivity index (χ1v) is 5.31. The third-order valence-corrected chi connectivity index (χ3v) is 2.34. The maximum Gasteiger partial charge on any atom is 0.331 e. The van der Waals surface area contributed by atoms with Gasteiger partial charge in [0.1, 0.15) is 0 Å². The van der Waals surface area contributed by atoms with Crippen LogP contribution < -0.4 is 5.73 Å². The minimum absolute atomic E-state index is 0.527. The van der Waals surface area contributed by atoms with Crippen molar-refractivity contribution in [2.45, 2.75) is 13.0 Å². The van der Waals surface area contributed by atoms with Gasteiger partial charge in [-0.3, -0.25) is 4.79 Å². The van der Waals surface area contributed by atoms with Crippen LogP contribution in [0.15, 0.2) is 30.3 Å². The smallest absolute Gasteiger partial charge is 0.331 e. The molecule has 0 aliphatic rings. The zero-order chi connectivity index (χ0) is 12.8. The normalized spacial score (nSPS) is 12.4. The lowest BCUT2D eigenvalue weighted by molar-refractivity contribution is -0.148. The van der Waals surface area contributed by atoms with Crippen molar-refractivity contribution in [2.75, 3.05) is 0 Å². The number of carbonyl (C=O) groups excluding carboxylic acids is 2.